The van der Waals surface area contributed by atoms with Gasteiger partial charge in [0.05, 0.1) is 10.6 Å². The van der Waals surface area contributed by atoms with Gasteiger partial charge in [0.25, 0.3) is 15.7 Å². The Morgan fingerprint density at radius 1 is 1.00 bits per heavy atom. The average Bonchev–Trinajstić information content (AvgIpc) is 2.72. The molecule has 3 rings (SSSR count). The zero-order valence-corrected chi connectivity index (χ0v) is 16.3. The molecule has 0 saturated carbocycles. The number of nitrogens with one attached hydrogen (secondary N) is 1. The highest BCUT2D eigenvalue weighted by molar-refractivity contribution is 7.92. The highest BCUT2D eigenvalue weighted by atomic mass is 32.2. The van der Waals surface area contributed by atoms with Crippen LogP contribution in [0.3, 0.4) is 0 Å². The van der Waals surface area contributed by atoms with Gasteiger partial charge in [-0.25, -0.2) is 8.42 Å². The molecule has 1 heterocycles. The van der Waals surface area contributed by atoms with E-state index in [1.165, 1.54) is 18.2 Å². The third-order valence-electron chi connectivity index (χ3n) is 4.98. The lowest BCUT2D eigenvalue weighted by Gasteiger charge is -2.32. The lowest BCUT2D eigenvalue weighted by Crippen LogP contribution is -2.40. The second-order valence-corrected chi connectivity index (χ2v) is 8.84. The molecule has 1 N–H and O–H groups in total. The third-order valence-corrected chi connectivity index (χ3v) is 6.53. The van der Waals surface area contributed by atoms with Crippen LogP contribution in [0.2, 0.25) is 0 Å². The molecule has 5 nitrogen and oxygen atoms in total. The van der Waals surface area contributed by atoms with E-state index in [2.05, 4.69) is 5.32 Å². The molecule has 0 aromatic heterocycles. The second kappa shape index (κ2) is 8.44. The number of alkyl halides is 3. The van der Waals surface area contributed by atoms with E-state index in [1.807, 2.05) is 6.07 Å². The van der Waals surface area contributed by atoms with Gasteiger partial charge in [-0.1, -0.05) is 30.3 Å². The summed E-state index contributed by atoms with van der Waals surface area (Å²) in [6.07, 6.45) is 1.36. The Balaban J connectivity index is 1.60. The summed E-state index contributed by atoms with van der Waals surface area (Å²) in [5, 5.41) is 2.85. The molecule has 0 radical (unpaired) electrons. The molecule has 29 heavy (non-hydrogen) atoms. The molecule has 2 aromatic rings. The first-order valence-electron chi connectivity index (χ1n) is 9.19. The molecular formula is C20H21F3N2O3S. The maximum absolute atomic E-state index is 12.9. The Labute approximate surface area is 167 Å². The number of piperidine rings is 1. The van der Waals surface area contributed by atoms with Gasteiger partial charge in [-0.2, -0.15) is 13.2 Å². The number of likely N-dealkylation sites (tertiary alicyclic amines) is 1. The number of sulfone groups is 1. The molecule has 1 fully saturated rings. The number of nitrogens with zero attached hydrogens (tertiary/aromatic N) is 1. The summed E-state index contributed by atoms with van der Waals surface area (Å²) in [6.45, 7) is 1.42. The molecular weight excluding hydrogens is 405 g/mol. The highest BCUT2D eigenvalue weighted by Gasteiger charge is 2.47. The lowest BCUT2D eigenvalue weighted by atomic mass is 9.96. The number of carbonyl (C=O) groups is 1. The number of halogens is 3. The van der Waals surface area contributed by atoms with Crippen LogP contribution in [-0.4, -0.2) is 44.4 Å². The number of rotatable bonds is 5. The molecule has 1 saturated heterocycles. The maximum atomic E-state index is 12.9. The Hall–Kier alpha value is -2.55. The van der Waals surface area contributed by atoms with E-state index in [-0.39, 0.29) is 17.5 Å². The van der Waals surface area contributed by atoms with Gasteiger partial charge in [0.2, 0.25) is 0 Å². The largest absolute Gasteiger partial charge is 0.501 e. The zero-order valence-electron chi connectivity index (χ0n) is 15.5. The van der Waals surface area contributed by atoms with Crippen LogP contribution in [0.15, 0.2) is 59.5 Å². The number of para-hydroxylation sites is 1. The van der Waals surface area contributed by atoms with Crippen LogP contribution < -0.4 is 5.32 Å². The van der Waals surface area contributed by atoms with Crippen LogP contribution in [0.4, 0.5) is 18.9 Å². The normalized spacial score (nSPS) is 15.9. The minimum atomic E-state index is -5.43. The smallest absolute Gasteiger partial charge is 0.384 e. The Morgan fingerprint density at radius 3 is 2.21 bits per heavy atom. The molecule has 1 aliphatic heterocycles. The Morgan fingerprint density at radius 2 is 1.59 bits per heavy atom. The van der Waals surface area contributed by atoms with Crippen molar-refractivity contribution in [2.75, 3.05) is 25.0 Å². The van der Waals surface area contributed by atoms with E-state index in [9.17, 15) is 26.4 Å². The fourth-order valence-electron chi connectivity index (χ4n) is 3.33. The monoisotopic (exact) mass is 426 g/mol. The minimum absolute atomic E-state index is 0.0429. The predicted octanol–water partition coefficient (Wildman–Crippen LogP) is 3.94. The lowest BCUT2D eigenvalue weighted by molar-refractivity contribution is -0.0435. The molecule has 156 valence electrons. The number of carbonyl (C=O) groups excluding carboxylic acids is 1. The van der Waals surface area contributed by atoms with Crippen LogP contribution in [0, 0.1) is 5.92 Å². The fourth-order valence-corrected chi connectivity index (χ4v) is 4.27. The molecule has 1 amide bonds. The van der Waals surface area contributed by atoms with E-state index < -0.39 is 20.2 Å². The summed E-state index contributed by atoms with van der Waals surface area (Å²) >= 11 is 0. The molecule has 0 spiro atoms. The van der Waals surface area contributed by atoms with Crippen molar-refractivity contribution in [3.05, 3.63) is 60.2 Å². The van der Waals surface area contributed by atoms with Crippen molar-refractivity contribution in [3.8, 4) is 0 Å². The predicted molar refractivity (Wildman–Crippen MR) is 103 cm³/mol. The van der Waals surface area contributed by atoms with Gasteiger partial charge in [-0.3, -0.25) is 4.79 Å². The van der Waals surface area contributed by atoms with E-state index in [0.29, 0.717) is 38.0 Å². The fraction of sp³-hybridized carbons (Fsp3) is 0.350. The quantitative estimate of drug-likeness (QED) is 0.787. The topological polar surface area (TPSA) is 66.5 Å². The summed E-state index contributed by atoms with van der Waals surface area (Å²) in [5.41, 5.74) is -4.79. The van der Waals surface area contributed by atoms with Crippen molar-refractivity contribution >= 4 is 21.4 Å². The number of amides is 1. The number of benzene rings is 2. The second-order valence-electron chi connectivity index (χ2n) is 6.93. The van der Waals surface area contributed by atoms with Crippen molar-refractivity contribution in [1.29, 1.82) is 0 Å². The van der Waals surface area contributed by atoms with Crippen molar-refractivity contribution in [3.63, 3.8) is 0 Å². The Bertz CT molecular complexity index is 954. The van der Waals surface area contributed by atoms with Gasteiger partial charge in [0, 0.05) is 25.2 Å². The molecule has 0 aliphatic carbocycles. The number of hydrogen-bond acceptors (Lipinski definition) is 4. The molecule has 2 aromatic carbocycles. The highest BCUT2D eigenvalue weighted by Crippen LogP contribution is 2.34. The number of anilines is 1. The van der Waals surface area contributed by atoms with Crippen LogP contribution in [0.5, 0.6) is 0 Å². The van der Waals surface area contributed by atoms with Crippen LogP contribution in [0.1, 0.15) is 23.2 Å². The van der Waals surface area contributed by atoms with Crippen molar-refractivity contribution < 1.29 is 26.4 Å². The van der Waals surface area contributed by atoms with Gasteiger partial charge in [0.1, 0.15) is 0 Å². The average molecular weight is 426 g/mol. The van der Waals surface area contributed by atoms with Crippen LogP contribution in [-0.2, 0) is 9.84 Å². The van der Waals surface area contributed by atoms with Crippen molar-refractivity contribution in [2.24, 2.45) is 5.92 Å². The first-order chi connectivity index (χ1) is 13.7. The first-order valence-corrected chi connectivity index (χ1v) is 10.7. The van der Waals surface area contributed by atoms with Crippen LogP contribution >= 0.6 is 0 Å². The standard InChI is InChI=1S/C20H21F3N2O3S/c21-20(22,23)29(27,28)18-9-5-4-8-17(18)24-14-15-10-12-25(13-11-15)19(26)16-6-2-1-3-7-16/h1-9,15,24H,10-14H2. The third kappa shape index (κ3) is 4.72. The van der Waals surface area contributed by atoms with Gasteiger partial charge < -0.3 is 10.2 Å². The SMILES string of the molecule is O=C(c1ccccc1)N1CCC(CNc2ccccc2S(=O)(=O)C(F)(F)F)CC1. The molecule has 9 heteroatoms. The van der Waals surface area contributed by atoms with Gasteiger partial charge in [0.15, 0.2) is 0 Å². The summed E-state index contributed by atoms with van der Waals surface area (Å²) in [5.74, 6) is 0.0788. The molecule has 1 aliphatic rings. The van der Waals surface area contributed by atoms with Crippen molar-refractivity contribution in [2.45, 2.75) is 23.2 Å². The Kier molecular flexibility index (Phi) is 6.16. The van der Waals surface area contributed by atoms with E-state index in [0.717, 1.165) is 6.07 Å². The first kappa shape index (κ1) is 21.2. The number of hydrogen-bond donors (Lipinski definition) is 1. The van der Waals surface area contributed by atoms with E-state index >= 15 is 0 Å². The maximum Gasteiger partial charge on any atom is 0.501 e. The van der Waals surface area contributed by atoms with Gasteiger partial charge in [-0.15, -0.1) is 0 Å². The summed E-state index contributed by atoms with van der Waals surface area (Å²) < 4.78 is 62.2. The van der Waals surface area contributed by atoms with Gasteiger partial charge >= 0.3 is 5.51 Å². The molecule has 0 unspecified atom stereocenters. The van der Waals surface area contributed by atoms with Gasteiger partial charge in [-0.05, 0) is 43.0 Å². The summed E-state index contributed by atoms with van der Waals surface area (Å²) in [4.78, 5) is 13.5. The summed E-state index contributed by atoms with van der Waals surface area (Å²) in [7, 11) is -5.43. The van der Waals surface area contributed by atoms with Crippen LogP contribution in [0.25, 0.3) is 0 Å². The molecule has 0 atom stereocenters. The van der Waals surface area contributed by atoms with Crippen molar-refractivity contribution in [1.82, 2.24) is 4.90 Å². The molecule has 0 bridgehead atoms. The van der Waals surface area contributed by atoms with E-state index in [1.54, 1.807) is 29.2 Å². The zero-order chi connectivity index (χ0) is 21.1. The minimum Gasteiger partial charge on any atom is -0.384 e. The van der Waals surface area contributed by atoms with E-state index in [4.69, 9.17) is 0 Å². The summed E-state index contributed by atoms with van der Waals surface area (Å²) in [6, 6.07) is 14.0.